The largest absolute Gasteiger partial charge is 0.429 e. The lowest BCUT2D eigenvalue weighted by molar-refractivity contribution is -0.135. The van der Waals surface area contributed by atoms with Crippen LogP contribution in [0.4, 0.5) is 18.9 Å². The Bertz CT molecular complexity index is 921. The molecule has 2 amide bonds. The quantitative estimate of drug-likeness (QED) is 0.760. The number of carbonyl (C=O) groups excluding carboxylic acids is 2. The Morgan fingerprint density at radius 1 is 1.39 bits per heavy atom. The summed E-state index contributed by atoms with van der Waals surface area (Å²) >= 11 is 6.20. The lowest BCUT2D eigenvalue weighted by Gasteiger charge is -2.18. The van der Waals surface area contributed by atoms with Gasteiger partial charge in [0.2, 0.25) is 11.8 Å². The molecule has 150 valence electrons. The van der Waals surface area contributed by atoms with Gasteiger partial charge in [-0.3, -0.25) is 14.3 Å². The van der Waals surface area contributed by atoms with E-state index in [1.807, 2.05) is 0 Å². The van der Waals surface area contributed by atoms with Gasteiger partial charge in [-0.15, -0.1) is 0 Å². The first-order chi connectivity index (χ1) is 13.2. The zero-order chi connectivity index (χ0) is 20.6. The molecular weight excluding hydrogens is 401 g/mol. The lowest BCUT2D eigenvalue weighted by atomic mass is 9.89. The number of rotatable bonds is 5. The van der Waals surface area contributed by atoms with Gasteiger partial charge >= 0.3 is 6.61 Å². The van der Waals surface area contributed by atoms with Crippen LogP contribution in [-0.4, -0.2) is 46.7 Å². The van der Waals surface area contributed by atoms with Gasteiger partial charge in [-0.25, -0.2) is 4.39 Å². The molecule has 0 saturated carbocycles. The molecule has 1 fully saturated rings. The number of hydrogen-bond acceptors (Lipinski definition) is 4. The third kappa shape index (κ3) is 3.64. The Morgan fingerprint density at radius 3 is 2.71 bits per heavy atom. The summed E-state index contributed by atoms with van der Waals surface area (Å²) in [5.41, 5.74) is 0.203. The first-order valence-electron chi connectivity index (χ1n) is 8.17. The summed E-state index contributed by atoms with van der Waals surface area (Å²) < 4.78 is 44.6. The maximum atomic E-state index is 13.9. The number of benzene rings is 1. The SMILES string of the molecule is CN1C[C@H](c2cnn(C)c2Cl)[C@@H](C(=O)Nc2cccc(F)c2OC(F)F)C1=O. The highest BCUT2D eigenvalue weighted by atomic mass is 35.5. The molecule has 1 aromatic carbocycles. The maximum Gasteiger partial charge on any atom is 0.387 e. The summed E-state index contributed by atoms with van der Waals surface area (Å²) in [7, 11) is 3.14. The number of anilines is 1. The molecule has 28 heavy (non-hydrogen) atoms. The van der Waals surface area contributed by atoms with Gasteiger partial charge < -0.3 is 15.0 Å². The molecule has 7 nitrogen and oxygen atoms in total. The predicted molar refractivity (Wildman–Crippen MR) is 93.7 cm³/mol. The number of nitrogens with zero attached hydrogens (tertiary/aromatic N) is 3. The fourth-order valence-electron chi connectivity index (χ4n) is 3.19. The second-order valence-electron chi connectivity index (χ2n) is 6.30. The average Bonchev–Trinajstić information content (AvgIpc) is 3.10. The van der Waals surface area contributed by atoms with Crippen LogP contribution in [0.3, 0.4) is 0 Å². The number of halogens is 4. The molecule has 11 heteroatoms. The number of ether oxygens (including phenoxy) is 1. The van der Waals surface area contributed by atoms with Gasteiger partial charge in [-0.05, 0) is 12.1 Å². The molecule has 2 heterocycles. The van der Waals surface area contributed by atoms with Crippen LogP contribution in [0, 0.1) is 11.7 Å². The van der Waals surface area contributed by atoms with Gasteiger partial charge in [0.1, 0.15) is 11.1 Å². The minimum Gasteiger partial charge on any atom is -0.429 e. The van der Waals surface area contributed by atoms with Crippen molar-refractivity contribution in [1.82, 2.24) is 14.7 Å². The highest BCUT2D eigenvalue weighted by Crippen LogP contribution is 2.38. The van der Waals surface area contributed by atoms with Crippen LogP contribution in [0.1, 0.15) is 11.5 Å². The minimum atomic E-state index is -3.28. The summed E-state index contributed by atoms with van der Waals surface area (Å²) in [6.07, 6.45) is 1.47. The van der Waals surface area contributed by atoms with Gasteiger partial charge in [0.25, 0.3) is 0 Å². The first-order valence-corrected chi connectivity index (χ1v) is 8.55. The number of amides is 2. The highest BCUT2D eigenvalue weighted by molar-refractivity contribution is 6.30. The number of likely N-dealkylation sites (N-methyl/N-ethyl adjacent to an activating group) is 1. The van der Waals surface area contributed by atoms with Crippen molar-refractivity contribution in [3.05, 3.63) is 40.9 Å². The zero-order valence-corrected chi connectivity index (χ0v) is 15.6. The lowest BCUT2D eigenvalue weighted by Crippen LogP contribution is -2.33. The van der Waals surface area contributed by atoms with E-state index in [4.69, 9.17) is 11.6 Å². The van der Waals surface area contributed by atoms with Crippen LogP contribution in [-0.2, 0) is 16.6 Å². The van der Waals surface area contributed by atoms with Crippen LogP contribution in [0.15, 0.2) is 24.4 Å². The van der Waals surface area contributed by atoms with Crippen LogP contribution < -0.4 is 10.1 Å². The molecule has 1 N–H and O–H groups in total. The molecule has 1 aliphatic heterocycles. The fourth-order valence-corrected chi connectivity index (χ4v) is 3.42. The van der Waals surface area contributed by atoms with Gasteiger partial charge in [-0.1, -0.05) is 17.7 Å². The minimum absolute atomic E-state index is 0.214. The molecule has 2 atom stereocenters. The molecule has 0 unspecified atom stereocenters. The molecule has 0 spiro atoms. The molecule has 1 aliphatic rings. The second-order valence-corrected chi connectivity index (χ2v) is 6.66. The summed E-state index contributed by atoms with van der Waals surface area (Å²) in [5, 5.41) is 6.61. The monoisotopic (exact) mass is 416 g/mol. The van der Waals surface area contributed by atoms with E-state index in [0.717, 1.165) is 6.07 Å². The van der Waals surface area contributed by atoms with E-state index in [9.17, 15) is 22.8 Å². The molecule has 0 radical (unpaired) electrons. The van der Waals surface area contributed by atoms with Crippen molar-refractivity contribution in [3.63, 3.8) is 0 Å². The number of nitrogens with one attached hydrogen (secondary N) is 1. The van der Waals surface area contributed by atoms with E-state index in [-0.39, 0.29) is 17.4 Å². The Balaban J connectivity index is 1.91. The number of likely N-dealkylation sites (tertiary alicyclic amines) is 1. The topological polar surface area (TPSA) is 76.5 Å². The third-order valence-corrected chi connectivity index (χ3v) is 4.98. The van der Waals surface area contributed by atoms with Gasteiger partial charge in [0.05, 0.1) is 11.9 Å². The average molecular weight is 417 g/mol. The summed E-state index contributed by atoms with van der Waals surface area (Å²) in [6, 6.07) is 3.34. The highest BCUT2D eigenvalue weighted by Gasteiger charge is 2.45. The van der Waals surface area contributed by atoms with Gasteiger partial charge in [-0.2, -0.15) is 13.9 Å². The van der Waals surface area contributed by atoms with Crippen LogP contribution in [0.5, 0.6) is 5.75 Å². The Kier molecular flexibility index (Phi) is 5.50. The Morgan fingerprint density at radius 2 is 2.11 bits per heavy atom. The normalized spacial score (nSPS) is 19.4. The van der Waals surface area contributed by atoms with E-state index in [0.29, 0.717) is 5.56 Å². The number of carbonyl (C=O) groups is 2. The number of alkyl halides is 2. The molecule has 2 aromatic rings. The molecule has 3 rings (SSSR count). The predicted octanol–water partition coefficient (Wildman–Crippen LogP) is 2.62. The van der Waals surface area contributed by atoms with Gasteiger partial charge in [0.15, 0.2) is 11.6 Å². The van der Waals surface area contributed by atoms with E-state index in [1.165, 1.54) is 35.0 Å². The van der Waals surface area contributed by atoms with E-state index >= 15 is 0 Å². The zero-order valence-electron chi connectivity index (χ0n) is 14.8. The Hall–Kier alpha value is -2.75. The summed E-state index contributed by atoms with van der Waals surface area (Å²) in [5.74, 6) is -4.93. The Labute approximate surface area is 163 Å². The summed E-state index contributed by atoms with van der Waals surface area (Å²) in [4.78, 5) is 26.7. The maximum absolute atomic E-state index is 13.9. The van der Waals surface area contributed by atoms with Crippen LogP contribution in [0.2, 0.25) is 5.15 Å². The molecule has 1 saturated heterocycles. The molecular formula is C17H16ClF3N4O3. The van der Waals surface area contributed by atoms with Crippen LogP contribution >= 0.6 is 11.6 Å². The standard InChI is InChI=1S/C17H16ClF3N4O3/c1-24-7-9(8-6-22-25(2)14(8)18)12(16(24)27)15(26)23-11-5-3-4-10(19)13(11)28-17(20)21/h3-6,9,12,17H,7H2,1-2H3,(H,23,26)/t9-,12+/m1/s1. The molecule has 0 bridgehead atoms. The van der Waals surface area contributed by atoms with E-state index < -0.39 is 41.8 Å². The van der Waals surface area contributed by atoms with Crippen molar-refractivity contribution in [3.8, 4) is 5.75 Å². The fraction of sp³-hybridized carbons (Fsp3) is 0.353. The molecule has 0 aliphatic carbocycles. The van der Waals surface area contributed by atoms with Crippen molar-refractivity contribution < 1.29 is 27.5 Å². The first kappa shape index (κ1) is 20.0. The van der Waals surface area contributed by atoms with E-state index in [1.54, 1.807) is 7.05 Å². The van der Waals surface area contributed by atoms with Crippen molar-refractivity contribution in [2.75, 3.05) is 18.9 Å². The number of aryl methyl sites for hydroxylation is 1. The van der Waals surface area contributed by atoms with Crippen molar-refractivity contribution >= 4 is 29.1 Å². The van der Waals surface area contributed by atoms with Crippen LogP contribution in [0.25, 0.3) is 0 Å². The van der Waals surface area contributed by atoms with Gasteiger partial charge in [0, 0.05) is 32.1 Å². The van der Waals surface area contributed by atoms with Crippen molar-refractivity contribution in [1.29, 1.82) is 0 Å². The van der Waals surface area contributed by atoms with Crippen molar-refractivity contribution in [2.24, 2.45) is 13.0 Å². The third-order valence-electron chi connectivity index (χ3n) is 4.52. The number of para-hydroxylation sites is 1. The van der Waals surface area contributed by atoms with E-state index in [2.05, 4.69) is 15.2 Å². The number of aromatic nitrogens is 2. The molecule has 1 aromatic heterocycles. The summed E-state index contributed by atoms with van der Waals surface area (Å²) in [6.45, 7) is -3.07. The smallest absolute Gasteiger partial charge is 0.387 e. The van der Waals surface area contributed by atoms with Crippen molar-refractivity contribution in [2.45, 2.75) is 12.5 Å². The number of hydrogen-bond donors (Lipinski definition) is 1. The second kappa shape index (κ2) is 7.70.